The molecule has 1 aliphatic carbocycles. The number of aliphatic carboxylic acids is 1. The van der Waals surface area contributed by atoms with Crippen LogP contribution < -0.4 is 0 Å². The van der Waals surface area contributed by atoms with Crippen LogP contribution in [-0.2, 0) is 19.1 Å². The second-order valence-corrected chi connectivity index (χ2v) is 10.4. The summed E-state index contributed by atoms with van der Waals surface area (Å²) in [7, 11) is -4.21. The summed E-state index contributed by atoms with van der Waals surface area (Å²) in [5.74, 6) is -2.69. The molecule has 0 aliphatic heterocycles. The van der Waals surface area contributed by atoms with Gasteiger partial charge in [-0.15, -0.1) is 0 Å². The summed E-state index contributed by atoms with van der Waals surface area (Å²) in [6.07, 6.45) is -1.41. The van der Waals surface area contributed by atoms with Crippen LogP contribution in [-0.4, -0.2) is 29.4 Å². The fourth-order valence-electron chi connectivity index (χ4n) is 2.93. The maximum absolute atomic E-state index is 12.5. The molecule has 0 radical (unpaired) electrons. The molecular formula is C15H17Cl3O5S. The van der Waals surface area contributed by atoms with Gasteiger partial charge < -0.3 is 5.11 Å². The third kappa shape index (κ3) is 3.83. The number of rotatable bonds is 5. The molecule has 3 unspecified atom stereocenters. The van der Waals surface area contributed by atoms with Crippen molar-refractivity contribution in [2.45, 2.75) is 35.6 Å². The lowest BCUT2D eigenvalue weighted by Gasteiger charge is -2.25. The third-order valence-corrected chi connectivity index (χ3v) is 6.32. The Balaban J connectivity index is 2.35. The summed E-state index contributed by atoms with van der Waals surface area (Å²) in [5, 5.41) is 9.29. The number of hydrogen-bond donors (Lipinski definition) is 1. The SMILES string of the molecule is Cc1ccc(S(=O)(=O)OC(C2C(C(=O)O)C2(C)C)C(Cl)(Cl)Cl)cc1. The van der Waals surface area contributed by atoms with Gasteiger partial charge in [0, 0.05) is 5.92 Å². The molecule has 0 aromatic heterocycles. The predicted molar refractivity (Wildman–Crippen MR) is 91.9 cm³/mol. The van der Waals surface area contributed by atoms with Crippen LogP contribution in [0.2, 0.25) is 0 Å². The van der Waals surface area contributed by atoms with E-state index in [0.29, 0.717) is 0 Å². The average Bonchev–Trinajstić information content (AvgIpc) is 2.98. The van der Waals surface area contributed by atoms with E-state index in [-0.39, 0.29) is 4.90 Å². The van der Waals surface area contributed by atoms with Crippen LogP contribution in [0.4, 0.5) is 0 Å². The van der Waals surface area contributed by atoms with Gasteiger partial charge >= 0.3 is 5.97 Å². The highest BCUT2D eigenvalue weighted by Crippen LogP contribution is 2.64. The van der Waals surface area contributed by atoms with E-state index in [1.807, 2.05) is 6.92 Å². The molecule has 9 heteroatoms. The Morgan fingerprint density at radius 2 is 1.75 bits per heavy atom. The van der Waals surface area contributed by atoms with E-state index in [4.69, 9.17) is 39.0 Å². The summed E-state index contributed by atoms with van der Waals surface area (Å²) < 4.78 is 28.0. The minimum absolute atomic E-state index is 0.0855. The number of carbonyl (C=O) groups is 1. The van der Waals surface area contributed by atoms with Gasteiger partial charge in [0.05, 0.1) is 10.8 Å². The molecule has 0 saturated heterocycles. The maximum Gasteiger partial charge on any atom is 0.307 e. The number of halogens is 3. The van der Waals surface area contributed by atoms with E-state index in [0.717, 1.165) is 5.56 Å². The molecule has 0 amide bonds. The molecule has 0 heterocycles. The van der Waals surface area contributed by atoms with Gasteiger partial charge in [-0.1, -0.05) is 66.3 Å². The molecule has 0 bridgehead atoms. The fraction of sp³-hybridized carbons (Fsp3) is 0.533. The van der Waals surface area contributed by atoms with E-state index in [2.05, 4.69) is 0 Å². The number of alkyl halides is 3. The van der Waals surface area contributed by atoms with E-state index < -0.39 is 43.2 Å². The largest absolute Gasteiger partial charge is 0.481 e. The Morgan fingerprint density at radius 1 is 1.25 bits per heavy atom. The highest BCUT2D eigenvalue weighted by molar-refractivity contribution is 7.86. The molecule has 1 N–H and O–H groups in total. The van der Waals surface area contributed by atoms with E-state index in [9.17, 15) is 18.3 Å². The fourth-order valence-corrected chi connectivity index (χ4v) is 4.75. The zero-order chi connectivity index (χ0) is 18.5. The van der Waals surface area contributed by atoms with Crippen LogP contribution >= 0.6 is 34.8 Å². The van der Waals surface area contributed by atoms with Crippen LogP contribution in [0, 0.1) is 24.2 Å². The quantitative estimate of drug-likeness (QED) is 0.584. The molecule has 24 heavy (non-hydrogen) atoms. The lowest BCUT2D eigenvalue weighted by atomic mass is 10.1. The Morgan fingerprint density at radius 3 is 2.12 bits per heavy atom. The van der Waals surface area contributed by atoms with E-state index in [1.165, 1.54) is 12.1 Å². The number of benzene rings is 1. The first kappa shape index (κ1) is 19.8. The smallest absolute Gasteiger partial charge is 0.307 e. The molecule has 3 atom stereocenters. The summed E-state index contributed by atoms with van der Waals surface area (Å²) in [5.41, 5.74) is 0.129. The minimum Gasteiger partial charge on any atom is -0.481 e. The molecule has 1 fully saturated rings. The van der Waals surface area contributed by atoms with Crippen molar-refractivity contribution in [2.24, 2.45) is 17.3 Å². The third-order valence-electron chi connectivity index (χ3n) is 4.37. The molecule has 1 saturated carbocycles. The Hall–Kier alpha value is -0.530. The highest BCUT2D eigenvalue weighted by Gasteiger charge is 2.69. The van der Waals surface area contributed by atoms with E-state index >= 15 is 0 Å². The first-order valence-corrected chi connectivity index (χ1v) is 9.62. The van der Waals surface area contributed by atoms with Crippen molar-refractivity contribution in [1.82, 2.24) is 0 Å². The van der Waals surface area contributed by atoms with Gasteiger partial charge in [-0.2, -0.15) is 8.42 Å². The number of hydrogen-bond acceptors (Lipinski definition) is 4. The standard InChI is InChI=1S/C15H17Cl3O5S/c1-8-4-6-9(7-5-8)24(21,22)23-12(15(16,17)18)10-11(13(19)20)14(10,2)3/h4-7,10-12H,1-3H3,(H,19,20). The van der Waals surface area contributed by atoms with Crippen molar-refractivity contribution in [2.75, 3.05) is 0 Å². The highest BCUT2D eigenvalue weighted by atomic mass is 35.6. The van der Waals surface area contributed by atoms with Gasteiger partial charge in [-0.25, -0.2) is 0 Å². The first-order valence-electron chi connectivity index (χ1n) is 7.08. The van der Waals surface area contributed by atoms with Gasteiger partial charge in [0.1, 0.15) is 6.10 Å². The summed E-state index contributed by atoms with van der Waals surface area (Å²) in [4.78, 5) is 11.3. The van der Waals surface area contributed by atoms with Gasteiger partial charge in [0.15, 0.2) is 0 Å². The van der Waals surface area contributed by atoms with Crippen LogP contribution in [0.25, 0.3) is 0 Å². The van der Waals surface area contributed by atoms with Crippen LogP contribution in [0.15, 0.2) is 29.2 Å². The van der Waals surface area contributed by atoms with Crippen molar-refractivity contribution < 1.29 is 22.5 Å². The first-order chi connectivity index (χ1) is 10.8. The monoisotopic (exact) mass is 414 g/mol. The molecule has 0 spiro atoms. The molecule has 1 aliphatic rings. The summed E-state index contributed by atoms with van der Waals surface area (Å²) in [6, 6.07) is 5.99. The van der Waals surface area contributed by atoms with Crippen molar-refractivity contribution in [3.8, 4) is 0 Å². The van der Waals surface area contributed by atoms with Crippen LogP contribution in [0.3, 0.4) is 0 Å². The number of carboxylic acids is 1. The van der Waals surface area contributed by atoms with Crippen molar-refractivity contribution in [3.63, 3.8) is 0 Å². The lowest BCUT2D eigenvalue weighted by Crippen LogP contribution is -2.35. The Labute approximate surface area is 156 Å². The maximum atomic E-state index is 12.5. The van der Waals surface area contributed by atoms with Crippen molar-refractivity contribution in [1.29, 1.82) is 0 Å². The topological polar surface area (TPSA) is 80.7 Å². The van der Waals surface area contributed by atoms with Crippen LogP contribution in [0.5, 0.6) is 0 Å². The Kier molecular flexibility index (Phi) is 5.21. The second kappa shape index (κ2) is 6.32. The number of aryl methyl sites for hydroxylation is 1. The molecular weight excluding hydrogens is 399 g/mol. The van der Waals surface area contributed by atoms with Gasteiger partial charge in [0.25, 0.3) is 10.1 Å². The zero-order valence-corrected chi connectivity index (χ0v) is 16.2. The Bertz CT molecular complexity index is 737. The average molecular weight is 416 g/mol. The number of carboxylic acid groups (broad SMARTS) is 1. The van der Waals surface area contributed by atoms with Crippen LogP contribution in [0.1, 0.15) is 19.4 Å². The summed E-state index contributed by atoms with van der Waals surface area (Å²) >= 11 is 17.7. The summed E-state index contributed by atoms with van der Waals surface area (Å²) in [6.45, 7) is 5.15. The molecule has 1 aromatic carbocycles. The minimum atomic E-state index is -4.21. The van der Waals surface area contributed by atoms with Gasteiger partial charge in [-0.05, 0) is 24.5 Å². The van der Waals surface area contributed by atoms with Crippen molar-refractivity contribution >= 4 is 50.9 Å². The second-order valence-electron chi connectivity index (χ2n) is 6.49. The van der Waals surface area contributed by atoms with Gasteiger partial charge in [0.2, 0.25) is 3.79 Å². The van der Waals surface area contributed by atoms with Gasteiger partial charge in [-0.3, -0.25) is 8.98 Å². The zero-order valence-electron chi connectivity index (χ0n) is 13.2. The lowest BCUT2D eigenvalue weighted by molar-refractivity contribution is -0.139. The van der Waals surface area contributed by atoms with E-state index in [1.54, 1.807) is 26.0 Å². The normalized spacial score (nSPS) is 24.4. The molecule has 1 aromatic rings. The predicted octanol–water partition coefficient (Wildman–Crippen LogP) is 3.80. The molecule has 134 valence electrons. The van der Waals surface area contributed by atoms with Crippen molar-refractivity contribution in [3.05, 3.63) is 29.8 Å². The molecule has 5 nitrogen and oxygen atoms in total. The molecule has 2 rings (SSSR count).